The van der Waals surface area contributed by atoms with Crippen molar-refractivity contribution >= 4 is 47.4 Å². The van der Waals surface area contributed by atoms with Gasteiger partial charge in [0, 0.05) is 28.7 Å². The van der Waals surface area contributed by atoms with Gasteiger partial charge in [-0.15, -0.1) is 24.0 Å². The summed E-state index contributed by atoms with van der Waals surface area (Å²) in [5.41, 5.74) is 6.78. The predicted octanol–water partition coefficient (Wildman–Crippen LogP) is 3.72. The summed E-state index contributed by atoms with van der Waals surface area (Å²) >= 11 is 1.88. The lowest BCUT2D eigenvalue weighted by molar-refractivity contribution is 0.297. The Kier molecular flexibility index (Phi) is 8.32. The highest BCUT2D eigenvalue weighted by atomic mass is 127. The fourth-order valence-electron chi connectivity index (χ4n) is 1.95. The van der Waals surface area contributed by atoms with Crippen molar-refractivity contribution in [3.05, 3.63) is 18.2 Å². The number of guanidine groups is 1. The molecule has 0 saturated heterocycles. The lowest BCUT2D eigenvalue weighted by Gasteiger charge is -2.16. The number of nitrogens with two attached hydrogens (primary N) is 1. The fourth-order valence-corrected chi connectivity index (χ4v) is 2.74. The monoisotopic (exact) mass is 451 g/mol. The maximum absolute atomic E-state index is 5.92. The molecule has 3 N–H and O–H groups in total. The molecule has 1 aliphatic heterocycles. The van der Waals surface area contributed by atoms with Gasteiger partial charge < -0.3 is 20.5 Å². The lowest BCUT2D eigenvalue weighted by atomic mass is 10.3. The third-order valence-corrected chi connectivity index (χ3v) is 4.18. The quantitative estimate of drug-likeness (QED) is 0.316. The first-order valence-corrected chi connectivity index (χ1v) is 8.53. The van der Waals surface area contributed by atoms with Gasteiger partial charge in [0.1, 0.15) is 0 Å². The molecule has 130 valence electrons. The maximum Gasteiger partial charge on any atom is 0.193 e. The van der Waals surface area contributed by atoms with E-state index in [1.165, 1.54) is 0 Å². The fraction of sp³-hybridized carbons (Fsp3) is 0.562. The highest BCUT2D eigenvalue weighted by Gasteiger charge is 2.11. The van der Waals surface area contributed by atoms with Crippen LogP contribution >= 0.6 is 35.7 Å². The number of aliphatic imine (C=N–C) groups is 1. The molecule has 0 fully saturated rings. The molecule has 1 aromatic rings. The molecule has 2 rings (SSSR count). The molecule has 0 aliphatic carbocycles. The van der Waals surface area contributed by atoms with Crippen LogP contribution in [-0.2, 0) is 0 Å². The summed E-state index contributed by atoms with van der Waals surface area (Å²) in [5.74, 6) is 2.90. The Bertz CT molecular complexity index is 533. The van der Waals surface area contributed by atoms with Crippen LogP contribution in [0.5, 0.6) is 11.5 Å². The molecule has 0 spiro atoms. The first-order valence-electron chi connectivity index (χ1n) is 7.54. The van der Waals surface area contributed by atoms with Gasteiger partial charge in [0.15, 0.2) is 17.5 Å². The molecule has 0 aromatic heterocycles. The number of hydrogen-bond acceptors (Lipinski definition) is 4. The van der Waals surface area contributed by atoms with E-state index in [0.29, 0.717) is 25.7 Å². The molecular weight excluding hydrogens is 425 g/mol. The van der Waals surface area contributed by atoms with Crippen LogP contribution in [0.25, 0.3) is 0 Å². The van der Waals surface area contributed by atoms with Crippen molar-refractivity contribution in [3.8, 4) is 11.5 Å². The second-order valence-electron chi connectivity index (χ2n) is 6.06. The third kappa shape index (κ3) is 7.52. The number of fused-ring (bicyclic) bond motifs is 1. The van der Waals surface area contributed by atoms with E-state index in [0.717, 1.165) is 29.4 Å². The van der Waals surface area contributed by atoms with Crippen molar-refractivity contribution in [2.45, 2.75) is 31.9 Å². The van der Waals surface area contributed by atoms with Crippen LogP contribution in [0.1, 0.15) is 27.2 Å². The first-order chi connectivity index (χ1) is 10.4. The lowest BCUT2D eigenvalue weighted by Crippen LogP contribution is -2.23. The second kappa shape index (κ2) is 9.46. The van der Waals surface area contributed by atoms with Gasteiger partial charge in [-0.05, 0) is 12.1 Å². The van der Waals surface area contributed by atoms with Crippen molar-refractivity contribution in [2.75, 3.05) is 30.8 Å². The predicted molar refractivity (Wildman–Crippen MR) is 110 cm³/mol. The molecule has 0 amide bonds. The van der Waals surface area contributed by atoms with Crippen molar-refractivity contribution in [3.63, 3.8) is 0 Å². The van der Waals surface area contributed by atoms with Gasteiger partial charge in [-0.25, -0.2) is 0 Å². The number of halogens is 1. The highest BCUT2D eigenvalue weighted by Crippen LogP contribution is 2.32. The summed E-state index contributed by atoms with van der Waals surface area (Å²) in [5, 5.41) is 3.09. The van der Waals surface area contributed by atoms with Gasteiger partial charge in [-0.3, -0.25) is 4.99 Å². The minimum absolute atomic E-state index is 0. The Morgan fingerprint density at radius 1 is 1.26 bits per heavy atom. The Hall–Kier alpha value is -0.830. The van der Waals surface area contributed by atoms with Gasteiger partial charge >= 0.3 is 0 Å². The first kappa shape index (κ1) is 20.2. The third-order valence-electron chi connectivity index (χ3n) is 2.93. The summed E-state index contributed by atoms with van der Waals surface area (Å²) in [7, 11) is 0. The van der Waals surface area contributed by atoms with E-state index in [2.05, 4.69) is 31.1 Å². The normalized spacial score (nSPS) is 14.7. The van der Waals surface area contributed by atoms with E-state index in [9.17, 15) is 0 Å². The number of ether oxygens (including phenoxy) is 2. The molecule has 1 aliphatic rings. The van der Waals surface area contributed by atoms with Crippen molar-refractivity contribution in [2.24, 2.45) is 10.7 Å². The summed E-state index contributed by atoms with van der Waals surface area (Å²) < 4.78 is 11.5. The number of nitrogens with zero attached hydrogens (tertiary/aromatic N) is 1. The minimum atomic E-state index is 0. The van der Waals surface area contributed by atoms with E-state index in [4.69, 9.17) is 15.2 Å². The van der Waals surface area contributed by atoms with E-state index in [1.807, 2.05) is 30.0 Å². The summed E-state index contributed by atoms with van der Waals surface area (Å²) in [6.07, 6.45) is 0.895. The molecule has 0 radical (unpaired) electrons. The molecule has 5 nitrogen and oxygen atoms in total. The number of thioether (sulfide) groups is 1. The number of rotatable bonds is 4. The zero-order valence-electron chi connectivity index (χ0n) is 13.9. The highest BCUT2D eigenvalue weighted by molar-refractivity contribution is 14.0. The smallest absolute Gasteiger partial charge is 0.193 e. The van der Waals surface area contributed by atoms with E-state index in [1.54, 1.807) is 0 Å². The van der Waals surface area contributed by atoms with E-state index in [-0.39, 0.29) is 28.7 Å². The van der Waals surface area contributed by atoms with Crippen molar-refractivity contribution in [1.29, 1.82) is 0 Å². The van der Waals surface area contributed by atoms with E-state index >= 15 is 0 Å². The average molecular weight is 451 g/mol. The molecule has 0 atom stereocenters. The molecule has 7 heteroatoms. The van der Waals surface area contributed by atoms with Crippen LogP contribution in [0, 0.1) is 0 Å². The zero-order chi connectivity index (χ0) is 16.0. The van der Waals surface area contributed by atoms with Crippen LogP contribution in [-0.4, -0.2) is 36.2 Å². The van der Waals surface area contributed by atoms with Gasteiger partial charge in [-0.1, -0.05) is 20.8 Å². The van der Waals surface area contributed by atoms with Crippen LogP contribution in [0.3, 0.4) is 0 Å². The molecule has 23 heavy (non-hydrogen) atoms. The molecule has 0 unspecified atom stereocenters. The van der Waals surface area contributed by atoms with Crippen LogP contribution in [0.2, 0.25) is 0 Å². The molecule has 0 bridgehead atoms. The minimum Gasteiger partial charge on any atom is -0.490 e. The number of benzene rings is 1. The van der Waals surface area contributed by atoms with Crippen LogP contribution < -0.4 is 20.5 Å². The largest absolute Gasteiger partial charge is 0.490 e. The van der Waals surface area contributed by atoms with E-state index < -0.39 is 0 Å². The Morgan fingerprint density at radius 2 is 1.96 bits per heavy atom. The Morgan fingerprint density at radius 3 is 2.65 bits per heavy atom. The molecule has 1 heterocycles. The van der Waals surface area contributed by atoms with Gasteiger partial charge in [0.2, 0.25) is 0 Å². The number of hydrogen-bond donors (Lipinski definition) is 2. The average Bonchev–Trinajstić information content (AvgIpc) is 2.67. The Labute approximate surface area is 159 Å². The maximum atomic E-state index is 5.92. The van der Waals surface area contributed by atoms with Crippen molar-refractivity contribution in [1.82, 2.24) is 0 Å². The summed E-state index contributed by atoms with van der Waals surface area (Å²) in [6, 6.07) is 5.71. The van der Waals surface area contributed by atoms with Gasteiger partial charge in [0.05, 0.1) is 19.8 Å². The Balaban J connectivity index is 0.00000264. The zero-order valence-corrected chi connectivity index (χ0v) is 17.1. The van der Waals surface area contributed by atoms with Gasteiger partial charge in [0.25, 0.3) is 0 Å². The number of nitrogens with one attached hydrogen (secondary N) is 1. The van der Waals surface area contributed by atoms with Crippen LogP contribution in [0.15, 0.2) is 23.2 Å². The standard InChI is InChI=1S/C16H25N3O2S.HI/c1-16(2,3)22-10-7-18-15(17)19-12-5-6-13-14(11-12)21-9-4-8-20-13;/h5-6,11H,4,7-10H2,1-3H3,(H3,17,18,19);1H. The molecule has 0 saturated carbocycles. The van der Waals surface area contributed by atoms with Crippen LogP contribution in [0.4, 0.5) is 5.69 Å². The summed E-state index contributed by atoms with van der Waals surface area (Å²) in [4.78, 5) is 4.34. The number of anilines is 1. The van der Waals surface area contributed by atoms with Gasteiger partial charge in [-0.2, -0.15) is 11.8 Å². The van der Waals surface area contributed by atoms with Crippen molar-refractivity contribution < 1.29 is 9.47 Å². The molecule has 1 aromatic carbocycles. The molecular formula is C16H26IN3O2S. The second-order valence-corrected chi connectivity index (χ2v) is 7.99. The SMILES string of the molecule is CC(C)(C)SCCN=C(N)Nc1ccc2c(c1)OCCCO2.I. The summed E-state index contributed by atoms with van der Waals surface area (Å²) in [6.45, 7) is 8.65. The topological polar surface area (TPSA) is 68.9 Å².